The van der Waals surface area contributed by atoms with Gasteiger partial charge in [-0.05, 0) is 37.4 Å². The molecule has 1 saturated heterocycles. The third kappa shape index (κ3) is 2.20. The zero-order chi connectivity index (χ0) is 12.5. The molecule has 0 bridgehead atoms. The smallest absolute Gasteiger partial charge is 0.209 e. The second-order valence-electron chi connectivity index (χ2n) is 5.28. The summed E-state index contributed by atoms with van der Waals surface area (Å²) in [6.45, 7) is 5.36. The normalized spacial score (nSPS) is 21.5. The van der Waals surface area contributed by atoms with Crippen LogP contribution in [0.4, 0.5) is 5.69 Å². The first-order chi connectivity index (χ1) is 8.72. The van der Waals surface area contributed by atoms with Crippen molar-refractivity contribution >= 4 is 16.8 Å². The summed E-state index contributed by atoms with van der Waals surface area (Å²) in [7, 11) is 0. The monoisotopic (exact) mass is 245 g/mol. The first-order valence-corrected chi connectivity index (χ1v) is 6.58. The third-order valence-electron chi connectivity index (χ3n) is 3.59. The number of rotatable bonds is 2. The number of nitrogen functional groups attached to an aromatic ring is 1. The first-order valence-electron chi connectivity index (χ1n) is 6.58. The summed E-state index contributed by atoms with van der Waals surface area (Å²) in [5.74, 6) is 1.55. The SMILES string of the molecule is CC1CCCN(Cc2nc3c(N)cccc3o2)C1. The highest BCUT2D eigenvalue weighted by Gasteiger charge is 2.18. The molecule has 96 valence electrons. The molecule has 0 aliphatic carbocycles. The van der Waals surface area contributed by atoms with Gasteiger partial charge in [-0.15, -0.1) is 0 Å². The maximum Gasteiger partial charge on any atom is 0.209 e. The zero-order valence-corrected chi connectivity index (χ0v) is 10.7. The van der Waals surface area contributed by atoms with Crippen LogP contribution in [0.3, 0.4) is 0 Å². The molecule has 1 aliphatic heterocycles. The fraction of sp³-hybridized carbons (Fsp3) is 0.500. The molecule has 2 N–H and O–H groups in total. The standard InChI is InChI=1S/C14H19N3O/c1-10-4-3-7-17(8-10)9-13-16-14-11(15)5-2-6-12(14)18-13/h2,5-6,10H,3-4,7-9,15H2,1H3. The molecule has 2 aromatic rings. The van der Waals surface area contributed by atoms with Gasteiger partial charge in [-0.2, -0.15) is 0 Å². The zero-order valence-electron chi connectivity index (χ0n) is 10.7. The number of fused-ring (bicyclic) bond motifs is 1. The lowest BCUT2D eigenvalue weighted by Gasteiger charge is -2.29. The number of hydrogen-bond acceptors (Lipinski definition) is 4. The van der Waals surface area contributed by atoms with E-state index in [1.54, 1.807) is 0 Å². The largest absolute Gasteiger partial charge is 0.439 e. The number of benzene rings is 1. The Morgan fingerprint density at radius 1 is 1.50 bits per heavy atom. The van der Waals surface area contributed by atoms with Crippen LogP contribution in [0.1, 0.15) is 25.7 Å². The minimum absolute atomic E-state index is 0.689. The summed E-state index contributed by atoms with van der Waals surface area (Å²) < 4.78 is 5.75. The fourth-order valence-corrected chi connectivity index (χ4v) is 2.70. The van der Waals surface area contributed by atoms with Crippen LogP contribution in [-0.2, 0) is 6.54 Å². The van der Waals surface area contributed by atoms with Crippen LogP contribution in [-0.4, -0.2) is 23.0 Å². The number of nitrogens with zero attached hydrogens (tertiary/aromatic N) is 2. The van der Waals surface area contributed by atoms with E-state index in [9.17, 15) is 0 Å². The molecular formula is C14H19N3O. The molecule has 3 rings (SSSR count). The number of hydrogen-bond donors (Lipinski definition) is 1. The van der Waals surface area contributed by atoms with Crippen molar-refractivity contribution in [3.05, 3.63) is 24.1 Å². The maximum atomic E-state index is 5.89. The van der Waals surface area contributed by atoms with Gasteiger partial charge in [0, 0.05) is 6.54 Å². The molecule has 1 atom stereocenters. The summed E-state index contributed by atoms with van der Waals surface area (Å²) in [5.41, 5.74) is 8.15. The Kier molecular flexibility index (Phi) is 2.96. The van der Waals surface area contributed by atoms with E-state index in [1.165, 1.54) is 12.8 Å². The van der Waals surface area contributed by atoms with Gasteiger partial charge in [0.15, 0.2) is 5.58 Å². The molecule has 1 aromatic carbocycles. The molecule has 0 spiro atoms. The Balaban J connectivity index is 1.80. The van der Waals surface area contributed by atoms with Crippen LogP contribution in [0.5, 0.6) is 0 Å². The fourth-order valence-electron chi connectivity index (χ4n) is 2.70. The predicted octanol–water partition coefficient (Wildman–Crippen LogP) is 2.64. The Morgan fingerprint density at radius 3 is 3.17 bits per heavy atom. The number of nitrogens with two attached hydrogens (primary N) is 1. The second kappa shape index (κ2) is 4.61. The highest BCUT2D eigenvalue weighted by atomic mass is 16.3. The van der Waals surface area contributed by atoms with E-state index in [-0.39, 0.29) is 0 Å². The molecular weight excluding hydrogens is 226 g/mol. The van der Waals surface area contributed by atoms with E-state index in [0.29, 0.717) is 5.69 Å². The van der Waals surface area contributed by atoms with Crippen LogP contribution >= 0.6 is 0 Å². The minimum atomic E-state index is 0.689. The first kappa shape index (κ1) is 11.5. The van der Waals surface area contributed by atoms with Gasteiger partial charge in [0.1, 0.15) is 5.52 Å². The summed E-state index contributed by atoms with van der Waals surface area (Å²) in [6, 6.07) is 5.67. The van der Waals surface area contributed by atoms with Crippen LogP contribution in [0.2, 0.25) is 0 Å². The van der Waals surface area contributed by atoms with Gasteiger partial charge in [-0.3, -0.25) is 4.90 Å². The lowest BCUT2D eigenvalue weighted by Crippen LogP contribution is -2.33. The van der Waals surface area contributed by atoms with E-state index in [4.69, 9.17) is 10.2 Å². The van der Waals surface area contributed by atoms with Crippen molar-refractivity contribution in [3.63, 3.8) is 0 Å². The summed E-state index contributed by atoms with van der Waals surface area (Å²) in [5, 5.41) is 0. The van der Waals surface area contributed by atoms with Gasteiger partial charge in [0.25, 0.3) is 0 Å². The van der Waals surface area contributed by atoms with Gasteiger partial charge < -0.3 is 10.2 Å². The number of para-hydroxylation sites is 1. The van der Waals surface area contributed by atoms with Crippen LogP contribution in [0, 0.1) is 5.92 Å². The molecule has 1 unspecified atom stereocenters. The second-order valence-corrected chi connectivity index (χ2v) is 5.28. The van der Waals surface area contributed by atoms with Gasteiger partial charge in [-0.1, -0.05) is 13.0 Å². The third-order valence-corrected chi connectivity index (χ3v) is 3.59. The maximum absolute atomic E-state index is 5.89. The highest BCUT2D eigenvalue weighted by Crippen LogP contribution is 2.23. The topological polar surface area (TPSA) is 55.3 Å². The number of piperidine rings is 1. The number of oxazole rings is 1. The Labute approximate surface area is 107 Å². The molecule has 0 amide bonds. The number of aromatic nitrogens is 1. The average Bonchev–Trinajstić information content (AvgIpc) is 2.73. The molecule has 4 heteroatoms. The molecule has 2 heterocycles. The average molecular weight is 245 g/mol. The minimum Gasteiger partial charge on any atom is -0.439 e. The van der Waals surface area contributed by atoms with Crippen LogP contribution in [0.15, 0.2) is 22.6 Å². The van der Waals surface area contributed by atoms with E-state index in [2.05, 4.69) is 16.8 Å². The predicted molar refractivity (Wildman–Crippen MR) is 72.1 cm³/mol. The van der Waals surface area contributed by atoms with Crippen molar-refractivity contribution in [2.45, 2.75) is 26.3 Å². The van der Waals surface area contributed by atoms with E-state index < -0.39 is 0 Å². The Hall–Kier alpha value is -1.55. The van der Waals surface area contributed by atoms with Crippen molar-refractivity contribution in [1.29, 1.82) is 0 Å². The van der Waals surface area contributed by atoms with Crippen molar-refractivity contribution in [3.8, 4) is 0 Å². The summed E-state index contributed by atoms with van der Waals surface area (Å²) >= 11 is 0. The Bertz CT molecular complexity index is 549. The molecule has 1 aromatic heterocycles. The Morgan fingerprint density at radius 2 is 2.39 bits per heavy atom. The van der Waals surface area contributed by atoms with E-state index in [1.807, 2.05) is 18.2 Å². The summed E-state index contributed by atoms with van der Waals surface area (Å²) in [6.07, 6.45) is 2.60. The van der Waals surface area contributed by atoms with Crippen molar-refractivity contribution in [1.82, 2.24) is 9.88 Å². The van der Waals surface area contributed by atoms with Crippen molar-refractivity contribution in [2.24, 2.45) is 5.92 Å². The quantitative estimate of drug-likeness (QED) is 0.826. The molecule has 1 fully saturated rings. The molecule has 4 nitrogen and oxygen atoms in total. The molecule has 1 aliphatic rings. The van der Waals surface area contributed by atoms with Gasteiger partial charge in [0.05, 0.1) is 12.2 Å². The highest BCUT2D eigenvalue weighted by molar-refractivity contribution is 5.85. The van der Waals surface area contributed by atoms with E-state index >= 15 is 0 Å². The number of likely N-dealkylation sites (tertiary alicyclic amines) is 1. The van der Waals surface area contributed by atoms with Crippen molar-refractivity contribution in [2.75, 3.05) is 18.8 Å². The lowest BCUT2D eigenvalue weighted by molar-refractivity contribution is 0.164. The molecule has 0 radical (unpaired) electrons. The molecule has 18 heavy (non-hydrogen) atoms. The molecule has 0 saturated carbocycles. The van der Waals surface area contributed by atoms with Crippen LogP contribution < -0.4 is 5.73 Å². The summed E-state index contributed by atoms with van der Waals surface area (Å²) in [4.78, 5) is 6.91. The van der Waals surface area contributed by atoms with Gasteiger partial charge in [0.2, 0.25) is 5.89 Å². The van der Waals surface area contributed by atoms with Crippen LogP contribution in [0.25, 0.3) is 11.1 Å². The van der Waals surface area contributed by atoms with Crippen molar-refractivity contribution < 1.29 is 4.42 Å². The van der Waals surface area contributed by atoms with Gasteiger partial charge in [-0.25, -0.2) is 4.98 Å². The van der Waals surface area contributed by atoms with E-state index in [0.717, 1.165) is 42.5 Å². The number of anilines is 1. The lowest BCUT2D eigenvalue weighted by atomic mass is 10.0. The van der Waals surface area contributed by atoms with Gasteiger partial charge >= 0.3 is 0 Å².